The van der Waals surface area contributed by atoms with Crippen LogP contribution in [0.25, 0.3) is 21.9 Å². The highest BCUT2D eigenvalue weighted by Crippen LogP contribution is 2.47. The van der Waals surface area contributed by atoms with Crippen LogP contribution in [-0.4, -0.2) is 38.8 Å². The van der Waals surface area contributed by atoms with Crippen LogP contribution in [0.4, 0.5) is 5.82 Å². The molecule has 1 aliphatic carbocycles. The van der Waals surface area contributed by atoms with Crippen molar-refractivity contribution in [3.05, 3.63) is 77.0 Å². The Balaban J connectivity index is 1.36. The Bertz CT molecular complexity index is 1490. The van der Waals surface area contributed by atoms with Gasteiger partial charge in [0.2, 0.25) is 0 Å². The van der Waals surface area contributed by atoms with Crippen LogP contribution in [0.2, 0.25) is 0 Å². The number of carbonyl (C=O) groups is 1. The van der Waals surface area contributed by atoms with E-state index >= 15 is 0 Å². The van der Waals surface area contributed by atoms with E-state index in [0.717, 1.165) is 52.7 Å². The number of nitrogens with zero attached hydrogens (tertiary/aromatic N) is 1. The summed E-state index contributed by atoms with van der Waals surface area (Å²) in [6.07, 6.45) is 4.02. The van der Waals surface area contributed by atoms with E-state index in [9.17, 15) is 4.79 Å². The Morgan fingerprint density at radius 1 is 0.919 bits per heavy atom. The maximum absolute atomic E-state index is 12.7. The predicted octanol–water partition coefficient (Wildman–Crippen LogP) is 5.42. The van der Waals surface area contributed by atoms with E-state index in [4.69, 9.17) is 23.9 Å². The second-order valence-electron chi connectivity index (χ2n) is 9.45. The van der Waals surface area contributed by atoms with Crippen LogP contribution in [0.3, 0.4) is 0 Å². The van der Waals surface area contributed by atoms with Gasteiger partial charge in [-0.3, -0.25) is 0 Å². The SMILES string of the molecule is COc1cc2c(OC)c3c(c(-c4ccc(NCC5Cc6ccccc6C5)nc4)c2cc1OC)COC3=O. The van der Waals surface area contributed by atoms with Gasteiger partial charge in [-0.1, -0.05) is 24.3 Å². The lowest BCUT2D eigenvalue weighted by atomic mass is 9.90. The molecule has 0 bridgehead atoms. The Hall–Kier alpha value is -4.26. The summed E-state index contributed by atoms with van der Waals surface area (Å²) in [7, 11) is 4.74. The Kier molecular flexibility index (Phi) is 5.83. The quantitative estimate of drug-likeness (QED) is 0.342. The highest BCUT2D eigenvalue weighted by atomic mass is 16.5. The zero-order chi connectivity index (χ0) is 25.5. The third-order valence-electron chi connectivity index (χ3n) is 7.38. The van der Waals surface area contributed by atoms with Crippen molar-refractivity contribution in [1.82, 2.24) is 4.98 Å². The molecule has 2 aliphatic rings. The lowest BCUT2D eigenvalue weighted by Crippen LogP contribution is -2.15. The van der Waals surface area contributed by atoms with E-state index in [0.29, 0.717) is 28.7 Å². The van der Waals surface area contributed by atoms with Crippen LogP contribution >= 0.6 is 0 Å². The maximum Gasteiger partial charge on any atom is 0.342 e. The minimum absolute atomic E-state index is 0.173. The number of rotatable bonds is 7. The molecule has 0 radical (unpaired) electrons. The van der Waals surface area contributed by atoms with Crippen molar-refractivity contribution in [3.63, 3.8) is 0 Å². The second-order valence-corrected chi connectivity index (χ2v) is 9.45. The summed E-state index contributed by atoms with van der Waals surface area (Å²) in [5.41, 5.74) is 5.88. The molecular formula is C30H28N2O5. The highest BCUT2D eigenvalue weighted by molar-refractivity contribution is 6.12. The normalized spacial score (nSPS) is 14.3. The molecule has 0 amide bonds. The number of hydrogen-bond acceptors (Lipinski definition) is 7. The smallest absolute Gasteiger partial charge is 0.342 e. The first-order valence-electron chi connectivity index (χ1n) is 12.3. The van der Waals surface area contributed by atoms with Gasteiger partial charge in [0, 0.05) is 29.3 Å². The molecular weight excluding hydrogens is 468 g/mol. The molecule has 0 saturated heterocycles. The average molecular weight is 497 g/mol. The molecule has 0 saturated carbocycles. The largest absolute Gasteiger partial charge is 0.495 e. The number of benzene rings is 3. The first kappa shape index (κ1) is 23.2. The topological polar surface area (TPSA) is 78.9 Å². The molecule has 7 heteroatoms. The molecule has 6 rings (SSSR count). The van der Waals surface area contributed by atoms with Crippen molar-refractivity contribution in [1.29, 1.82) is 0 Å². The monoisotopic (exact) mass is 496 g/mol. The second kappa shape index (κ2) is 9.32. The van der Waals surface area contributed by atoms with Crippen molar-refractivity contribution in [2.45, 2.75) is 19.4 Å². The zero-order valence-corrected chi connectivity index (χ0v) is 21.1. The number of anilines is 1. The van der Waals surface area contributed by atoms with Gasteiger partial charge in [0.05, 0.1) is 21.3 Å². The summed E-state index contributed by atoms with van der Waals surface area (Å²) in [6.45, 7) is 1.04. The summed E-state index contributed by atoms with van der Waals surface area (Å²) >= 11 is 0. The summed E-state index contributed by atoms with van der Waals surface area (Å²) in [4.78, 5) is 17.4. The van der Waals surface area contributed by atoms with Gasteiger partial charge in [-0.05, 0) is 65.1 Å². The molecule has 0 unspecified atom stereocenters. The van der Waals surface area contributed by atoms with Crippen LogP contribution in [0.5, 0.6) is 17.2 Å². The van der Waals surface area contributed by atoms with Gasteiger partial charge < -0.3 is 24.3 Å². The number of carbonyl (C=O) groups excluding carboxylic acids is 1. The first-order chi connectivity index (χ1) is 18.1. The van der Waals surface area contributed by atoms with E-state index < -0.39 is 5.97 Å². The van der Waals surface area contributed by atoms with Gasteiger partial charge in [-0.2, -0.15) is 0 Å². The van der Waals surface area contributed by atoms with Gasteiger partial charge in [-0.25, -0.2) is 9.78 Å². The number of methoxy groups -OCH3 is 3. The molecule has 3 aromatic carbocycles. The Morgan fingerprint density at radius 2 is 1.62 bits per heavy atom. The summed E-state index contributed by atoms with van der Waals surface area (Å²) in [6, 6.07) is 16.4. The third kappa shape index (κ3) is 3.91. The Labute approximate surface area is 215 Å². The van der Waals surface area contributed by atoms with Crippen molar-refractivity contribution >= 4 is 22.6 Å². The molecule has 4 aromatic rings. The molecule has 0 atom stereocenters. The van der Waals surface area contributed by atoms with Gasteiger partial charge in [0.25, 0.3) is 0 Å². The molecule has 37 heavy (non-hydrogen) atoms. The van der Waals surface area contributed by atoms with Crippen LogP contribution in [0, 0.1) is 5.92 Å². The molecule has 1 aliphatic heterocycles. The number of nitrogens with one attached hydrogen (secondary N) is 1. The number of cyclic esters (lactones) is 1. The fourth-order valence-electron chi connectivity index (χ4n) is 5.63. The molecule has 7 nitrogen and oxygen atoms in total. The number of hydrogen-bond donors (Lipinski definition) is 1. The summed E-state index contributed by atoms with van der Waals surface area (Å²) in [5, 5.41) is 5.12. The van der Waals surface area contributed by atoms with Crippen LogP contribution in [-0.2, 0) is 24.2 Å². The van der Waals surface area contributed by atoms with Crippen LogP contribution in [0.15, 0.2) is 54.7 Å². The molecule has 1 aromatic heterocycles. The summed E-state index contributed by atoms with van der Waals surface area (Å²) in [5.74, 6) is 2.60. The molecule has 0 fully saturated rings. The maximum atomic E-state index is 12.7. The van der Waals surface area contributed by atoms with E-state index in [1.54, 1.807) is 21.3 Å². The molecule has 2 heterocycles. The zero-order valence-electron chi connectivity index (χ0n) is 21.1. The van der Waals surface area contributed by atoms with E-state index in [1.807, 2.05) is 30.5 Å². The lowest BCUT2D eigenvalue weighted by Gasteiger charge is -2.18. The number of fused-ring (bicyclic) bond motifs is 3. The van der Waals surface area contributed by atoms with Crippen LogP contribution < -0.4 is 19.5 Å². The van der Waals surface area contributed by atoms with E-state index in [1.165, 1.54) is 11.1 Å². The number of aromatic nitrogens is 1. The lowest BCUT2D eigenvalue weighted by molar-refractivity contribution is 0.0533. The molecule has 0 spiro atoms. The van der Waals surface area contributed by atoms with Gasteiger partial charge >= 0.3 is 5.97 Å². The van der Waals surface area contributed by atoms with Crippen molar-refractivity contribution in [3.8, 4) is 28.4 Å². The van der Waals surface area contributed by atoms with Crippen LogP contribution in [0.1, 0.15) is 27.0 Å². The molecule has 1 N–H and O–H groups in total. The average Bonchev–Trinajstić information content (AvgIpc) is 3.53. The Morgan fingerprint density at radius 3 is 2.24 bits per heavy atom. The van der Waals surface area contributed by atoms with E-state index in [2.05, 4.69) is 29.6 Å². The van der Waals surface area contributed by atoms with E-state index in [-0.39, 0.29) is 6.61 Å². The summed E-state index contributed by atoms with van der Waals surface area (Å²) < 4.78 is 22.3. The van der Waals surface area contributed by atoms with Crippen molar-refractivity contribution in [2.24, 2.45) is 5.92 Å². The fourth-order valence-corrected chi connectivity index (χ4v) is 5.63. The van der Waals surface area contributed by atoms with Gasteiger partial charge in [-0.15, -0.1) is 0 Å². The standard InChI is InChI=1S/C30H28N2O5/c1-34-24-12-21-22(13-25(24)35-2)29(36-3)28-23(16-37-30(28)33)27(21)20-8-9-26(32-15-20)31-14-17-10-18-6-4-5-7-19(18)11-17/h4-9,12-13,15,17H,10-11,14,16H2,1-3H3,(H,31,32). The third-order valence-corrected chi connectivity index (χ3v) is 7.38. The first-order valence-corrected chi connectivity index (χ1v) is 12.3. The minimum Gasteiger partial charge on any atom is -0.495 e. The number of esters is 1. The van der Waals surface area contributed by atoms with Gasteiger partial charge in [0.15, 0.2) is 11.5 Å². The fraction of sp³-hybridized carbons (Fsp3) is 0.267. The van der Waals surface area contributed by atoms with Crippen molar-refractivity contribution in [2.75, 3.05) is 33.2 Å². The van der Waals surface area contributed by atoms with Gasteiger partial charge in [0.1, 0.15) is 23.7 Å². The highest BCUT2D eigenvalue weighted by Gasteiger charge is 2.32. The minimum atomic E-state index is -0.395. The molecule has 188 valence electrons. The predicted molar refractivity (Wildman–Crippen MR) is 142 cm³/mol. The number of pyridine rings is 1. The van der Waals surface area contributed by atoms with Crippen molar-refractivity contribution < 1.29 is 23.7 Å². The number of ether oxygens (including phenoxy) is 4.